The number of rotatable bonds is 12. The lowest BCUT2D eigenvalue weighted by Gasteiger charge is -2.25. The molecule has 2 atom stereocenters. The third-order valence-corrected chi connectivity index (χ3v) is 4.16. The third-order valence-electron chi connectivity index (χ3n) is 4.16. The molecule has 1 heterocycles. The first kappa shape index (κ1) is 18.4. The van der Waals surface area contributed by atoms with Crippen molar-refractivity contribution in [2.24, 2.45) is 4.99 Å². The molecule has 0 radical (unpaired) electrons. The first-order chi connectivity index (χ1) is 10.3. The fourth-order valence-corrected chi connectivity index (χ4v) is 2.79. The van der Waals surface area contributed by atoms with Crippen molar-refractivity contribution in [3.05, 3.63) is 12.2 Å². The van der Waals surface area contributed by atoms with E-state index in [1.807, 2.05) is 13.1 Å². The zero-order chi connectivity index (χ0) is 15.3. The Morgan fingerprint density at radius 2 is 1.81 bits per heavy atom. The lowest BCUT2D eigenvalue weighted by Crippen LogP contribution is -2.37. The number of hydrogen-bond donors (Lipinski definition) is 1. The Kier molecular flexibility index (Phi) is 10.4. The highest BCUT2D eigenvalue weighted by molar-refractivity contribution is 5.62. The second-order valence-electron chi connectivity index (χ2n) is 6.10. The Bertz CT molecular complexity index is 300. The van der Waals surface area contributed by atoms with E-state index >= 15 is 0 Å². The van der Waals surface area contributed by atoms with Crippen LogP contribution in [0.1, 0.15) is 78.1 Å². The molecule has 2 unspecified atom stereocenters. The van der Waals surface area contributed by atoms with Gasteiger partial charge in [0.25, 0.3) is 0 Å². The predicted octanol–water partition coefficient (Wildman–Crippen LogP) is 4.51. The third kappa shape index (κ3) is 8.37. The Morgan fingerprint density at radius 3 is 2.52 bits per heavy atom. The number of nitrogens with zero attached hydrogens (tertiary/aromatic N) is 2. The van der Waals surface area contributed by atoms with E-state index in [9.17, 15) is 5.11 Å². The number of aliphatic hydroxyl groups is 1. The zero-order valence-corrected chi connectivity index (χ0v) is 14.0. The Balaban J connectivity index is 1.91. The first-order valence-corrected chi connectivity index (χ1v) is 8.86. The normalized spacial score (nSPS) is 20.6. The van der Waals surface area contributed by atoms with Crippen molar-refractivity contribution in [3.8, 4) is 0 Å². The first-order valence-electron chi connectivity index (χ1n) is 8.86. The summed E-state index contributed by atoms with van der Waals surface area (Å²) >= 11 is 0. The highest BCUT2D eigenvalue weighted by Crippen LogP contribution is 2.17. The average molecular weight is 294 g/mol. The van der Waals surface area contributed by atoms with Crippen molar-refractivity contribution >= 4 is 6.21 Å². The SMILES string of the molecule is CCCC/C=C/CCCCCCCC1N=CCN1C(C)O. The maximum absolute atomic E-state index is 9.64. The van der Waals surface area contributed by atoms with Crippen molar-refractivity contribution in [2.45, 2.75) is 90.4 Å². The van der Waals surface area contributed by atoms with Gasteiger partial charge in [0.2, 0.25) is 0 Å². The van der Waals surface area contributed by atoms with Crippen LogP contribution in [0.3, 0.4) is 0 Å². The molecule has 122 valence electrons. The summed E-state index contributed by atoms with van der Waals surface area (Å²) in [4.78, 5) is 6.51. The van der Waals surface area contributed by atoms with Crippen LogP contribution >= 0.6 is 0 Å². The van der Waals surface area contributed by atoms with Crippen LogP contribution < -0.4 is 0 Å². The van der Waals surface area contributed by atoms with Gasteiger partial charge in [-0.2, -0.15) is 0 Å². The minimum atomic E-state index is -0.378. The molecule has 1 aliphatic heterocycles. The number of hydrogen-bond acceptors (Lipinski definition) is 3. The van der Waals surface area contributed by atoms with Gasteiger partial charge in [0.15, 0.2) is 0 Å². The quantitative estimate of drug-likeness (QED) is 0.424. The van der Waals surface area contributed by atoms with E-state index in [1.165, 1.54) is 57.8 Å². The maximum atomic E-state index is 9.64. The molecular weight excluding hydrogens is 260 g/mol. The second-order valence-corrected chi connectivity index (χ2v) is 6.10. The molecule has 21 heavy (non-hydrogen) atoms. The minimum Gasteiger partial charge on any atom is -0.379 e. The fourth-order valence-electron chi connectivity index (χ4n) is 2.79. The van der Waals surface area contributed by atoms with Gasteiger partial charge in [-0.1, -0.05) is 51.2 Å². The Hall–Kier alpha value is -0.670. The molecule has 0 aliphatic carbocycles. The van der Waals surface area contributed by atoms with Gasteiger partial charge < -0.3 is 5.11 Å². The zero-order valence-electron chi connectivity index (χ0n) is 14.0. The van der Waals surface area contributed by atoms with Crippen molar-refractivity contribution in [3.63, 3.8) is 0 Å². The van der Waals surface area contributed by atoms with Crippen LogP contribution in [-0.4, -0.2) is 35.2 Å². The van der Waals surface area contributed by atoms with Gasteiger partial charge in [0.05, 0.1) is 0 Å². The summed E-state index contributed by atoms with van der Waals surface area (Å²) < 4.78 is 0. The molecule has 1 N–H and O–H groups in total. The van der Waals surface area contributed by atoms with E-state index < -0.39 is 0 Å². The summed E-state index contributed by atoms with van der Waals surface area (Å²) in [6.45, 7) is 4.87. The van der Waals surface area contributed by atoms with Gasteiger partial charge in [-0.15, -0.1) is 0 Å². The summed E-state index contributed by atoms with van der Waals surface area (Å²) in [5.74, 6) is 0. The molecule has 0 saturated heterocycles. The van der Waals surface area contributed by atoms with E-state index in [2.05, 4.69) is 29.0 Å². The molecule has 1 rings (SSSR count). The van der Waals surface area contributed by atoms with Crippen LogP contribution in [0.2, 0.25) is 0 Å². The number of allylic oxidation sites excluding steroid dienone is 2. The molecule has 1 aliphatic rings. The fraction of sp³-hybridized carbons (Fsp3) is 0.833. The van der Waals surface area contributed by atoms with Gasteiger partial charge in [-0.3, -0.25) is 9.89 Å². The number of unbranched alkanes of at least 4 members (excludes halogenated alkanes) is 7. The summed E-state index contributed by atoms with van der Waals surface area (Å²) in [6, 6.07) is 0. The highest BCUT2D eigenvalue weighted by atomic mass is 16.3. The van der Waals surface area contributed by atoms with Crippen LogP contribution in [0, 0.1) is 0 Å². The summed E-state index contributed by atoms with van der Waals surface area (Å²) in [5, 5.41) is 9.64. The van der Waals surface area contributed by atoms with E-state index in [1.54, 1.807) is 0 Å². The molecule has 0 fully saturated rings. The molecule has 0 saturated carbocycles. The second kappa shape index (κ2) is 11.9. The van der Waals surface area contributed by atoms with Crippen LogP contribution in [0.4, 0.5) is 0 Å². The lowest BCUT2D eigenvalue weighted by molar-refractivity contribution is 0.00710. The van der Waals surface area contributed by atoms with Crippen LogP contribution in [-0.2, 0) is 0 Å². The van der Waals surface area contributed by atoms with Crippen LogP contribution in [0.5, 0.6) is 0 Å². The van der Waals surface area contributed by atoms with Crippen LogP contribution in [0.15, 0.2) is 17.1 Å². The van der Waals surface area contributed by atoms with E-state index in [0.29, 0.717) is 0 Å². The smallest absolute Gasteiger partial charge is 0.106 e. The van der Waals surface area contributed by atoms with Crippen molar-refractivity contribution in [1.29, 1.82) is 0 Å². The average Bonchev–Trinajstić information content (AvgIpc) is 2.93. The van der Waals surface area contributed by atoms with Gasteiger partial charge >= 0.3 is 0 Å². The van der Waals surface area contributed by atoms with Gasteiger partial charge in [-0.25, -0.2) is 0 Å². The number of aliphatic hydroxyl groups excluding tert-OH is 1. The highest BCUT2D eigenvalue weighted by Gasteiger charge is 2.23. The summed E-state index contributed by atoms with van der Waals surface area (Å²) in [6.07, 6.45) is 19.1. The van der Waals surface area contributed by atoms with E-state index in [4.69, 9.17) is 0 Å². The van der Waals surface area contributed by atoms with Crippen molar-refractivity contribution in [2.75, 3.05) is 6.54 Å². The van der Waals surface area contributed by atoms with E-state index in [-0.39, 0.29) is 12.4 Å². The molecular formula is C18H34N2O. The largest absolute Gasteiger partial charge is 0.379 e. The molecule has 0 aromatic heterocycles. The topological polar surface area (TPSA) is 35.8 Å². The van der Waals surface area contributed by atoms with Crippen molar-refractivity contribution < 1.29 is 5.11 Å². The Morgan fingerprint density at radius 1 is 1.14 bits per heavy atom. The molecule has 0 amide bonds. The molecule has 0 spiro atoms. The molecule has 0 bridgehead atoms. The standard InChI is InChI=1S/C18H34N2O/c1-3-4-5-6-7-8-9-10-11-12-13-14-18-19-15-16-20(18)17(2)21/h6-7,15,17-18,21H,3-5,8-14,16H2,1-2H3/b7-6+. The lowest BCUT2D eigenvalue weighted by atomic mass is 10.1. The Labute approximate surface area is 131 Å². The van der Waals surface area contributed by atoms with E-state index in [0.717, 1.165) is 13.0 Å². The van der Waals surface area contributed by atoms with Gasteiger partial charge in [-0.05, 0) is 39.0 Å². The monoisotopic (exact) mass is 294 g/mol. The molecule has 3 heteroatoms. The van der Waals surface area contributed by atoms with Crippen LogP contribution in [0.25, 0.3) is 0 Å². The maximum Gasteiger partial charge on any atom is 0.106 e. The summed E-state index contributed by atoms with van der Waals surface area (Å²) in [5.41, 5.74) is 0. The number of aliphatic imine (C=N–C) groups is 1. The van der Waals surface area contributed by atoms with Gasteiger partial charge in [0, 0.05) is 12.8 Å². The molecule has 0 aromatic rings. The van der Waals surface area contributed by atoms with Gasteiger partial charge in [0.1, 0.15) is 12.4 Å². The minimum absolute atomic E-state index is 0.214. The molecule has 0 aromatic carbocycles. The van der Waals surface area contributed by atoms with Crippen molar-refractivity contribution in [1.82, 2.24) is 4.90 Å². The molecule has 3 nitrogen and oxygen atoms in total. The predicted molar refractivity (Wildman–Crippen MR) is 91.7 cm³/mol. The summed E-state index contributed by atoms with van der Waals surface area (Å²) in [7, 11) is 0.